The second-order valence-electron chi connectivity index (χ2n) is 13.2. The van der Waals surface area contributed by atoms with E-state index in [9.17, 15) is 0 Å². The Morgan fingerprint density at radius 3 is 1.98 bits per heavy atom. The lowest BCUT2D eigenvalue weighted by Crippen LogP contribution is -2.10. The summed E-state index contributed by atoms with van der Waals surface area (Å²) in [6.45, 7) is 0. The summed E-state index contributed by atoms with van der Waals surface area (Å²) >= 11 is 1.85. The summed E-state index contributed by atoms with van der Waals surface area (Å²) in [5.41, 5.74) is 11.4. The zero-order valence-electron chi connectivity index (χ0n) is 27.9. The van der Waals surface area contributed by atoms with Gasteiger partial charge < -0.3 is 13.7 Å². The van der Waals surface area contributed by atoms with Crippen LogP contribution in [0, 0.1) is 0 Å². The maximum Gasteiger partial charge on any atom is 0.143 e. The van der Waals surface area contributed by atoms with E-state index in [0.29, 0.717) is 0 Å². The molecule has 3 nitrogen and oxygen atoms in total. The molecule has 0 atom stereocenters. The van der Waals surface area contributed by atoms with Crippen molar-refractivity contribution in [1.29, 1.82) is 0 Å². The molecular weight excluding hydrogens is 655 g/mol. The van der Waals surface area contributed by atoms with Crippen LogP contribution < -0.4 is 4.90 Å². The van der Waals surface area contributed by atoms with Gasteiger partial charge in [-0.15, -0.1) is 11.3 Å². The zero-order chi connectivity index (χ0) is 34.2. The highest BCUT2D eigenvalue weighted by Crippen LogP contribution is 2.48. The molecule has 11 aromatic rings. The molecule has 0 amide bonds. The zero-order valence-corrected chi connectivity index (χ0v) is 28.7. The molecule has 52 heavy (non-hydrogen) atoms. The van der Waals surface area contributed by atoms with Gasteiger partial charge in [-0.2, -0.15) is 0 Å². The Morgan fingerprint density at radius 2 is 1.08 bits per heavy atom. The standard InChI is InChI=1S/C48H29NO2S/c1-2-11-31(12-3-1)34-15-8-16-36-39-29-32(25-28-43(39)51-47(34)36)30-23-26-33(27-24-30)49(40-18-10-21-44-46(40)38-14-4-6-20-42(38)50-44)41-19-9-17-37-35-13-5-7-22-45(35)52-48(37)41/h1-29H. The molecule has 0 aliphatic rings. The van der Waals surface area contributed by atoms with Crippen LogP contribution >= 0.6 is 11.3 Å². The van der Waals surface area contributed by atoms with Gasteiger partial charge in [0.1, 0.15) is 22.3 Å². The van der Waals surface area contributed by atoms with Gasteiger partial charge in [-0.1, -0.05) is 121 Å². The number of fused-ring (bicyclic) bond motifs is 9. The lowest BCUT2D eigenvalue weighted by molar-refractivity contribution is 0.669. The van der Waals surface area contributed by atoms with Crippen molar-refractivity contribution in [1.82, 2.24) is 0 Å². The van der Waals surface area contributed by atoms with E-state index >= 15 is 0 Å². The number of furan rings is 2. The minimum absolute atomic E-state index is 0.875. The van der Waals surface area contributed by atoms with E-state index in [-0.39, 0.29) is 0 Å². The van der Waals surface area contributed by atoms with Gasteiger partial charge in [0.15, 0.2) is 0 Å². The molecule has 4 heteroatoms. The van der Waals surface area contributed by atoms with Crippen molar-refractivity contribution in [2.24, 2.45) is 0 Å². The van der Waals surface area contributed by atoms with Gasteiger partial charge in [0, 0.05) is 42.9 Å². The molecule has 0 aliphatic carbocycles. The second-order valence-corrected chi connectivity index (χ2v) is 14.3. The minimum atomic E-state index is 0.875. The van der Waals surface area contributed by atoms with E-state index < -0.39 is 0 Å². The Kier molecular flexibility index (Phi) is 6.42. The van der Waals surface area contributed by atoms with Gasteiger partial charge in [-0.25, -0.2) is 0 Å². The highest BCUT2D eigenvalue weighted by atomic mass is 32.1. The van der Waals surface area contributed by atoms with Crippen molar-refractivity contribution in [3.8, 4) is 22.3 Å². The Bertz CT molecular complexity index is 3130. The highest BCUT2D eigenvalue weighted by Gasteiger charge is 2.22. The van der Waals surface area contributed by atoms with E-state index in [1.165, 1.54) is 20.2 Å². The van der Waals surface area contributed by atoms with Crippen LogP contribution in [0.25, 0.3) is 86.3 Å². The van der Waals surface area contributed by atoms with Crippen LogP contribution in [0.4, 0.5) is 17.1 Å². The fourth-order valence-corrected chi connectivity index (χ4v) is 9.09. The molecule has 0 spiro atoms. The molecule has 0 N–H and O–H groups in total. The molecular formula is C48H29NO2S. The first-order valence-electron chi connectivity index (χ1n) is 17.5. The van der Waals surface area contributed by atoms with Crippen LogP contribution in [0.2, 0.25) is 0 Å². The molecule has 3 aromatic heterocycles. The first-order valence-corrected chi connectivity index (χ1v) is 18.3. The van der Waals surface area contributed by atoms with Crippen LogP contribution in [0.15, 0.2) is 185 Å². The van der Waals surface area contributed by atoms with Crippen molar-refractivity contribution in [2.45, 2.75) is 0 Å². The molecule has 8 aromatic carbocycles. The number of thiophene rings is 1. The predicted octanol–water partition coefficient (Wildman–Crippen LogP) is 14.7. The lowest BCUT2D eigenvalue weighted by atomic mass is 10.00. The Balaban J connectivity index is 1.08. The number of para-hydroxylation sites is 2. The number of benzene rings is 8. The monoisotopic (exact) mass is 683 g/mol. The maximum absolute atomic E-state index is 6.48. The van der Waals surface area contributed by atoms with Gasteiger partial charge >= 0.3 is 0 Å². The highest BCUT2D eigenvalue weighted by molar-refractivity contribution is 7.26. The smallest absolute Gasteiger partial charge is 0.143 e. The van der Waals surface area contributed by atoms with Crippen LogP contribution in [-0.4, -0.2) is 0 Å². The number of hydrogen-bond donors (Lipinski definition) is 0. The third-order valence-corrected chi connectivity index (χ3v) is 11.5. The van der Waals surface area contributed by atoms with Crippen molar-refractivity contribution in [3.05, 3.63) is 176 Å². The van der Waals surface area contributed by atoms with Crippen molar-refractivity contribution in [2.75, 3.05) is 4.90 Å². The van der Waals surface area contributed by atoms with E-state index in [1.807, 2.05) is 29.5 Å². The lowest BCUT2D eigenvalue weighted by Gasteiger charge is -2.27. The summed E-state index contributed by atoms with van der Waals surface area (Å²) in [6.07, 6.45) is 0. The van der Waals surface area contributed by atoms with Gasteiger partial charge in [-0.3, -0.25) is 0 Å². The predicted molar refractivity (Wildman–Crippen MR) is 219 cm³/mol. The summed E-state index contributed by atoms with van der Waals surface area (Å²) in [4.78, 5) is 2.41. The molecule has 0 saturated carbocycles. The molecule has 0 aliphatic heterocycles. The summed E-state index contributed by atoms with van der Waals surface area (Å²) in [6, 6.07) is 62.4. The van der Waals surface area contributed by atoms with E-state index in [4.69, 9.17) is 8.83 Å². The maximum atomic E-state index is 6.48. The van der Waals surface area contributed by atoms with Gasteiger partial charge in [0.2, 0.25) is 0 Å². The number of hydrogen-bond acceptors (Lipinski definition) is 4. The van der Waals surface area contributed by atoms with Gasteiger partial charge in [0.25, 0.3) is 0 Å². The molecule has 11 rings (SSSR count). The van der Waals surface area contributed by atoms with Crippen LogP contribution in [0.5, 0.6) is 0 Å². The van der Waals surface area contributed by atoms with Crippen LogP contribution in [0.3, 0.4) is 0 Å². The summed E-state index contributed by atoms with van der Waals surface area (Å²) in [5, 5.41) is 7.00. The van der Waals surface area contributed by atoms with Crippen LogP contribution in [0.1, 0.15) is 0 Å². The number of rotatable bonds is 5. The molecule has 244 valence electrons. The Labute approximate surface area is 303 Å². The third kappa shape index (κ3) is 4.45. The first-order chi connectivity index (χ1) is 25.8. The number of nitrogens with zero attached hydrogens (tertiary/aromatic N) is 1. The van der Waals surface area contributed by atoms with E-state index in [1.54, 1.807) is 0 Å². The quantitative estimate of drug-likeness (QED) is 0.181. The molecule has 0 fully saturated rings. The van der Waals surface area contributed by atoms with E-state index in [0.717, 1.165) is 83.2 Å². The Hall–Kier alpha value is -6.62. The number of anilines is 3. The minimum Gasteiger partial charge on any atom is -0.456 e. The SMILES string of the molecule is c1ccc(-c2cccc3c2oc2ccc(-c4ccc(N(c5cccc6c5sc5ccccc56)c5cccc6oc7ccccc7c56)cc4)cc23)cc1. The van der Waals surface area contributed by atoms with Crippen molar-refractivity contribution >= 4 is 92.4 Å². The topological polar surface area (TPSA) is 29.5 Å². The molecule has 0 bridgehead atoms. The summed E-state index contributed by atoms with van der Waals surface area (Å²) in [5.74, 6) is 0. The normalized spacial score (nSPS) is 11.8. The van der Waals surface area contributed by atoms with Gasteiger partial charge in [-0.05, 0) is 71.3 Å². The molecule has 0 radical (unpaired) electrons. The van der Waals surface area contributed by atoms with Crippen molar-refractivity contribution < 1.29 is 8.83 Å². The fourth-order valence-electron chi connectivity index (χ4n) is 7.88. The molecule has 3 heterocycles. The second kappa shape index (κ2) is 11.5. The van der Waals surface area contributed by atoms with Crippen LogP contribution in [-0.2, 0) is 0 Å². The summed E-state index contributed by atoms with van der Waals surface area (Å²) < 4.78 is 15.4. The first kappa shape index (κ1) is 29.1. The molecule has 0 saturated heterocycles. The van der Waals surface area contributed by atoms with Gasteiger partial charge in [0.05, 0.1) is 21.5 Å². The largest absolute Gasteiger partial charge is 0.456 e. The van der Waals surface area contributed by atoms with E-state index in [2.05, 4.69) is 163 Å². The Morgan fingerprint density at radius 1 is 0.404 bits per heavy atom. The average Bonchev–Trinajstić information content (AvgIpc) is 3.90. The molecule has 0 unspecified atom stereocenters. The average molecular weight is 684 g/mol. The summed E-state index contributed by atoms with van der Waals surface area (Å²) in [7, 11) is 0. The van der Waals surface area contributed by atoms with Crippen molar-refractivity contribution in [3.63, 3.8) is 0 Å². The fraction of sp³-hybridized carbons (Fsp3) is 0. The third-order valence-electron chi connectivity index (χ3n) is 10.3.